The Balaban J connectivity index is 3.54. The lowest BCUT2D eigenvalue weighted by Gasteiger charge is -2.07. The molecule has 0 bridgehead atoms. The van der Waals surface area contributed by atoms with E-state index < -0.39 is 0 Å². The van der Waals surface area contributed by atoms with E-state index in [-0.39, 0.29) is 0 Å². The molecule has 0 unspecified atom stereocenters. The molecule has 0 aliphatic heterocycles. The standard InChI is InChI=1S/C10H10IN/c1-6-4-7(2)10(11)8(3)9(6)5-12/h4H,1-3H3. The summed E-state index contributed by atoms with van der Waals surface area (Å²) in [6, 6.07) is 4.29. The smallest absolute Gasteiger partial charge is 0.0997 e. The molecule has 0 fully saturated rings. The largest absolute Gasteiger partial charge is 0.192 e. The van der Waals surface area contributed by atoms with Crippen LogP contribution in [0.4, 0.5) is 0 Å². The highest BCUT2D eigenvalue weighted by molar-refractivity contribution is 14.1. The number of nitrogens with zero attached hydrogens (tertiary/aromatic N) is 1. The van der Waals surface area contributed by atoms with E-state index in [1.807, 2.05) is 13.8 Å². The molecular weight excluding hydrogens is 261 g/mol. The Morgan fingerprint density at radius 1 is 1.25 bits per heavy atom. The number of aryl methyl sites for hydroxylation is 2. The maximum atomic E-state index is 8.86. The maximum absolute atomic E-state index is 8.86. The van der Waals surface area contributed by atoms with E-state index >= 15 is 0 Å². The highest BCUT2D eigenvalue weighted by Gasteiger charge is 2.07. The van der Waals surface area contributed by atoms with Crippen LogP contribution in [0.1, 0.15) is 22.3 Å². The third kappa shape index (κ3) is 1.46. The molecule has 0 aliphatic carbocycles. The molecule has 0 aliphatic rings. The summed E-state index contributed by atoms with van der Waals surface area (Å²) in [5.41, 5.74) is 4.26. The van der Waals surface area contributed by atoms with Crippen LogP contribution >= 0.6 is 22.6 Å². The van der Waals surface area contributed by atoms with E-state index in [0.717, 1.165) is 16.7 Å². The summed E-state index contributed by atoms with van der Waals surface area (Å²) in [5, 5.41) is 8.86. The van der Waals surface area contributed by atoms with Crippen molar-refractivity contribution < 1.29 is 0 Å². The van der Waals surface area contributed by atoms with Gasteiger partial charge in [0, 0.05) is 3.57 Å². The van der Waals surface area contributed by atoms with Crippen molar-refractivity contribution >= 4 is 22.6 Å². The van der Waals surface area contributed by atoms with Crippen LogP contribution in [0.3, 0.4) is 0 Å². The van der Waals surface area contributed by atoms with Gasteiger partial charge in [-0.05, 0) is 60.1 Å². The Labute approximate surface area is 86.5 Å². The van der Waals surface area contributed by atoms with E-state index in [2.05, 4.69) is 41.7 Å². The van der Waals surface area contributed by atoms with Gasteiger partial charge in [0.05, 0.1) is 11.6 Å². The van der Waals surface area contributed by atoms with Crippen molar-refractivity contribution in [3.8, 4) is 6.07 Å². The van der Waals surface area contributed by atoms with Crippen LogP contribution in [0.5, 0.6) is 0 Å². The third-order valence-electron chi connectivity index (χ3n) is 1.99. The SMILES string of the molecule is Cc1cc(C)c(C#N)c(C)c1I. The van der Waals surface area contributed by atoms with E-state index in [4.69, 9.17) is 5.26 Å². The molecule has 0 heterocycles. The van der Waals surface area contributed by atoms with Crippen LogP contribution in [0, 0.1) is 35.7 Å². The van der Waals surface area contributed by atoms with Crippen LogP contribution in [-0.4, -0.2) is 0 Å². The number of halogens is 1. The fraction of sp³-hybridized carbons (Fsp3) is 0.300. The molecule has 12 heavy (non-hydrogen) atoms. The van der Waals surface area contributed by atoms with E-state index in [1.54, 1.807) is 0 Å². The summed E-state index contributed by atoms with van der Waals surface area (Å²) in [6.45, 7) is 6.05. The third-order valence-corrected chi connectivity index (χ3v) is 3.65. The van der Waals surface area contributed by atoms with Gasteiger partial charge in [-0.3, -0.25) is 0 Å². The van der Waals surface area contributed by atoms with Crippen molar-refractivity contribution in [3.63, 3.8) is 0 Å². The molecule has 0 amide bonds. The van der Waals surface area contributed by atoms with Crippen LogP contribution in [0.25, 0.3) is 0 Å². The number of hydrogen-bond acceptors (Lipinski definition) is 1. The molecule has 1 rings (SSSR count). The minimum absolute atomic E-state index is 0.824. The molecule has 1 nitrogen and oxygen atoms in total. The highest BCUT2D eigenvalue weighted by atomic mass is 127. The molecule has 1 aromatic carbocycles. The van der Waals surface area contributed by atoms with Gasteiger partial charge in [0.2, 0.25) is 0 Å². The van der Waals surface area contributed by atoms with Crippen molar-refractivity contribution in [2.24, 2.45) is 0 Å². The van der Waals surface area contributed by atoms with Crippen molar-refractivity contribution in [2.45, 2.75) is 20.8 Å². The lowest BCUT2D eigenvalue weighted by atomic mass is 10.0. The summed E-state index contributed by atoms with van der Waals surface area (Å²) in [5.74, 6) is 0. The van der Waals surface area contributed by atoms with Gasteiger partial charge in [0.25, 0.3) is 0 Å². The first kappa shape index (κ1) is 9.53. The molecule has 0 aromatic heterocycles. The summed E-state index contributed by atoms with van der Waals surface area (Å²) < 4.78 is 1.20. The summed E-state index contributed by atoms with van der Waals surface area (Å²) in [6.07, 6.45) is 0. The highest BCUT2D eigenvalue weighted by Crippen LogP contribution is 2.22. The molecule has 0 N–H and O–H groups in total. The second-order valence-electron chi connectivity index (χ2n) is 2.94. The molecule has 0 radical (unpaired) electrons. The molecule has 0 saturated heterocycles. The zero-order valence-corrected chi connectivity index (χ0v) is 9.56. The fourth-order valence-corrected chi connectivity index (χ4v) is 1.76. The molecule has 0 spiro atoms. The second kappa shape index (κ2) is 3.44. The van der Waals surface area contributed by atoms with Crippen molar-refractivity contribution in [3.05, 3.63) is 31.9 Å². The first-order valence-corrected chi connectivity index (χ1v) is 4.82. The van der Waals surface area contributed by atoms with E-state index in [9.17, 15) is 0 Å². The molecule has 2 heteroatoms. The lowest BCUT2D eigenvalue weighted by molar-refractivity contribution is 1.25. The minimum Gasteiger partial charge on any atom is -0.192 e. The van der Waals surface area contributed by atoms with Crippen LogP contribution in [-0.2, 0) is 0 Å². The molecular formula is C10H10IN. The van der Waals surface area contributed by atoms with Crippen LogP contribution < -0.4 is 0 Å². The van der Waals surface area contributed by atoms with E-state index in [0.29, 0.717) is 0 Å². The van der Waals surface area contributed by atoms with Gasteiger partial charge in [0.1, 0.15) is 0 Å². The van der Waals surface area contributed by atoms with Gasteiger partial charge in [-0.25, -0.2) is 0 Å². The Morgan fingerprint density at radius 2 is 1.83 bits per heavy atom. The second-order valence-corrected chi connectivity index (χ2v) is 4.01. The molecule has 0 saturated carbocycles. The number of nitriles is 1. The van der Waals surface area contributed by atoms with Crippen molar-refractivity contribution in [2.75, 3.05) is 0 Å². The van der Waals surface area contributed by atoms with Gasteiger partial charge in [-0.15, -0.1) is 0 Å². The minimum atomic E-state index is 0.824. The Kier molecular flexibility index (Phi) is 2.73. The number of hydrogen-bond donors (Lipinski definition) is 0. The Hall–Kier alpha value is -0.560. The quantitative estimate of drug-likeness (QED) is 0.665. The van der Waals surface area contributed by atoms with Crippen molar-refractivity contribution in [1.82, 2.24) is 0 Å². The van der Waals surface area contributed by atoms with Gasteiger partial charge in [-0.2, -0.15) is 5.26 Å². The van der Waals surface area contributed by atoms with E-state index in [1.165, 1.54) is 9.13 Å². The fourth-order valence-electron chi connectivity index (χ4n) is 1.33. The normalized spacial score (nSPS) is 9.58. The van der Waals surface area contributed by atoms with Gasteiger partial charge >= 0.3 is 0 Å². The van der Waals surface area contributed by atoms with Crippen LogP contribution in [0.15, 0.2) is 6.07 Å². The number of benzene rings is 1. The van der Waals surface area contributed by atoms with Gasteiger partial charge < -0.3 is 0 Å². The summed E-state index contributed by atoms with van der Waals surface area (Å²) in [7, 11) is 0. The zero-order valence-electron chi connectivity index (χ0n) is 7.40. The monoisotopic (exact) mass is 271 g/mol. The Bertz CT molecular complexity index is 361. The van der Waals surface area contributed by atoms with Crippen LogP contribution in [0.2, 0.25) is 0 Å². The average molecular weight is 271 g/mol. The molecule has 62 valence electrons. The Morgan fingerprint density at radius 3 is 2.33 bits per heavy atom. The number of rotatable bonds is 0. The summed E-state index contributed by atoms with van der Waals surface area (Å²) in [4.78, 5) is 0. The van der Waals surface area contributed by atoms with Gasteiger partial charge in [0.15, 0.2) is 0 Å². The first-order chi connectivity index (χ1) is 5.57. The predicted molar refractivity (Wildman–Crippen MR) is 58.1 cm³/mol. The molecule has 1 aromatic rings. The predicted octanol–water partition coefficient (Wildman–Crippen LogP) is 3.09. The van der Waals surface area contributed by atoms with Gasteiger partial charge in [-0.1, -0.05) is 6.07 Å². The average Bonchev–Trinajstić information content (AvgIpc) is 2.01. The lowest BCUT2D eigenvalue weighted by Crippen LogP contribution is -1.94. The first-order valence-electron chi connectivity index (χ1n) is 3.74. The maximum Gasteiger partial charge on any atom is 0.0997 e. The van der Waals surface area contributed by atoms with Crippen molar-refractivity contribution in [1.29, 1.82) is 5.26 Å². The summed E-state index contributed by atoms with van der Waals surface area (Å²) >= 11 is 2.28. The molecule has 0 atom stereocenters. The zero-order chi connectivity index (χ0) is 9.30. The topological polar surface area (TPSA) is 23.8 Å².